The molecular weight excluding hydrogens is 280 g/mol. The van der Waals surface area contributed by atoms with Crippen molar-refractivity contribution in [1.29, 1.82) is 0 Å². The zero-order chi connectivity index (χ0) is 15.4. The number of benzene rings is 1. The lowest BCUT2D eigenvalue weighted by molar-refractivity contribution is 0.171. The first kappa shape index (κ1) is 15.2. The molecule has 1 aromatic carbocycles. The number of likely N-dealkylation sites (tertiary alicyclic amines) is 1. The van der Waals surface area contributed by atoms with Crippen molar-refractivity contribution in [2.75, 3.05) is 32.8 Å². The van der Waals surface area contributed by atoms with Crippen LogP contribution in [0.15, 0.2) is 23.4 Å². The van der Waals surface area contributed by atoms with Gasteiger partial charge in [-0.1, -0.05) is 12.1 Å². The van der Waals surface area contributed by atoms with E-state index in [1.54, 1.807) is 0 Å². The highest BCUT2D eigenvalue weighted by Gasteiger charge is 2.18. The van der Waals surface area contributed by atoms with Crippen LogP contribution < -0.4 is 9.47 Å². The highest BCUT2D eigenvalue weighted by molar-refractivity contribution is 6.00. The molecule has 0 radical (unpaired) electrons. The monoisotopic (exact) mass is 304 g/mol. The van der Waals surface area contributed by atoms with Gasteiger partial charge in [0.15, 0.2) is 11.5 Å². The molecule has 0 saturated carbocycles. The van der Waals surface area contributed by atoms with Gasteiger partial charge in [-0.05, 0) is 50.0 Å². The third-order valence-electron chi connectivity index (χ3n) is 4.54. The first-order valence-corrected chi connectivity index (χ1v) is 8.09. The summed E-state index contributed by atoms with van der Waals surface area (Å²) in [6.45, 7) is 6.67. The highest BCUT2D eigenvalue weighted by Crippen LogP contribution is 2.31. The summed E-state index contributed by atoms with van der Waals surface area (Å²) in [7, 11) is 0. The van der Waals surface area contributed by atoms with Crippen LogP contribution in [0.4, 0.5) is 0 Å². The molecule has 22 heavy (non-hydrogen) atoms. The number of piperidine rings is 1. The van der Waals surface area contributed by atoms with Gasteiger partial charge in [0.2, 0.25) is 0 Å². The Bertz CT molecular complexity index is 537. The van der Waals surface area contributed by atoms with Crippen LogP contribution in [0.1, 0.15) is 31.7 Å². The molecule has 120 valence electrons. The van der Waals surface area contributed by atoms with Crippen LogP contribution in [0.3, 0.4) is 0 Å². The van der Waals surface area contributed by atoms with Crippen LogP contribution >= 0.6 is 0 Å². The van der Waals surface area contributed by atoms with E-state index < -0.39 is 0 Å². The molecule has 1 aromatic rings. The van der Waals surface area contributed by atoms with Crippen LogP contribution in [-0.2, 0) is 0 Å². The van der Waals surface area contributed by atoms with Gasteiger partial charge in [0, 0.05) is 18.5 Å². The van der Waals surface area contributed by atoms with E-state index in [4.69, 9.17) is 9.47 Å². The molecular formula is C17H24N2O3. The lowest BCUT2D eigenvalue weighted by Gasteiger charge is -2.30. The van der Waals surface area contributed by atoms with E-state index in [9.17, 15) is 5.21 Å². The van der Waals surface area contributed by atoms with Crippen molar-refractivity contribution in [3.63, 3.8) is 0 Å². The molecule has 2 aliphatic rings. The Kier molecular flexibility index (Phi) is 4.83. The van der Waals surface area contributed by atoms with Crippen LogP contribution in [0.25, 0.3) is 0 Å². The fraction of sp³-hybridized carbons (Fsp3) is 0.588. The molecule has 0 atom stereocenters. The molecule has 1 fully saturated rings. The number of oxime groups is 1. The fourth-order valence-electron chi connectivity index (χ4n) is 3.02. The lowest BCUT2D eigenvalue weighted by Crippen LogP contribution is -2.34. The third kappa shape index (κ3) is 3.53. The summed E-state index contributed by atoms with van der Waals surface area (Å²) in [5.41, 5.74) is 1.60. The molecule has 0 amide bonds. The number of ether oxygens (including phenoxy) is 2. The third-order valence-corrected chi connectivity index (χ3v) is 4.54. The second kappa shape index (κ2) is 7.01. The Morgan fingerprint density at radius 2 is 1.95 bits per heavy atom. The Morgan fingerprint density at radius 1 is 1.23 bits per heavy atom. The molecule has 5 nitrogen and oxygen atoms in total. The summed E-state index contributed by atoms with van der Waals surface area (Å²) in [4.78, 5) is 2.45. The number of rotatable bonds is 4. The maximum atomic E-state index is 9.35. The summed E-state index contributed by atoms with van der Waals surface area (Å²) >= 11 is 0. The molecule has 0 aliphatic carbocycles. The second-order valence-electron chi connectivity index (χ2n) is 6.18. The largest absolute Gasteiger partial charge is 0.486 e. The Hall–Kier alpha value is -1.75. The van der Waals surface area contributed by atoms with Crippen LogP contribution in [0, 0.1) is 5.92 Å². The van der Waals surface area contributed by atoms with Crippen molar-refractivity contribution in [2.24, 2.45) is 11.1 Å². The number of nitrogens with zero attached hydrogens (tertiary/aromatic N) is 2. The van der Waals surface area contributed by atoms with Gasteiger partial charge in [0.25, 0.3) is 0 Å². The van der Waals surface area contributed by atoms with Gasteiger partial charge in [0.1, 0.15) is 13.2 Å². The van der Waals surface area contributed by atoms with Gasteiger partial charge >= 0.3 is 0 Å². The van der Waals surface area contributed by atoms with Crippen molar-refractivity contribution in [3.05, 3.63) is 23.8 Å². The van der Waals surface area contributed by atoms with E-state index in [1.807, 2.05) is 18.2 Å². The maximum Gasteiger partial charge on any atom is 0.162 e. The zero-order valence-corrected chi connectivity index (χ0v) is 13.1. The van der Waals surface area contributed by atoms with Crippen LogP contribution in [0.5, 0.6) is 11.5 Å². The standard InChI is InChI=1S/C17H24N2O3/c1-13-4-7-19(8-5-13)9-6-15(18-20)14-2-3-16-17(12-14)22-11-10-21-16/h2-3,12-13,20H,4-11H2,1H3/b18-15+. The van der Waals surface area contributed by atoms with Crippen molar-refractivity contribution in [1.82, 2.24) is 4.90 Å². The van der Waals surface area contributed by atoms with E-state index in [2.05, 4.69) is 17.0 Å². The first-order chi connectivity index (χ1) is 10.8. The number of fused-ring (bicyclic) bond motifs is 1. The topological polar surface area (TPSA) is 54.3 Å². The summed E-state index contributed by atoms with van der Waals surface area (Å²) in [6, 6.07) is 5.72. The van der Waals surface area contributed by atoms with E-state index in [-0.39, 0.29) is 0 Å². The number of hydrogen-bond donors (Lipinski definition) is 1. The smallest absolute Gasteiger partial charge is 0.162 e. The fourth-order valence-corrected chi connectivity index (χ4v) is 3.02. The van der Waals surface area contributed by atoms with Crippen molar-refractivity contribution >= 4 is 5.71 Å². The van der Waals surface area contributed by atoms with Crippen LogP contribution in [-0.4, -0.2) is 48.7 Å². The number of hydrogen-bond acceptors (Lipinski definition) is 5. The van der Waals surface area contributed by atoms with Gasteiger partial charge < -0.3 is 19.6 Å². The minimum Gasteiger partial charge on any atom is -0.486 e. The van der Waals surface area contributed by atoms with Gasteiger partial charge in [-0.25, -0.2) is 0 Å². The molecule has 0 bridgehead atoms. The molecule has 2 aliphatic heterocycles. The predicted molar refractivity (Wildman–Crippen MR) is 85.2 cm³/mol. The molecule has 0 unspecified atom stereocenters. The van der Waals surface area contributed by atoms with Gasteiger partial charge in [-0.3, -0.25) is 0 Å². The maximum absolute atomic E-state index is 9.35. The average Bonchev–Trinajstić information content (AvgIpc) is 2.57. The second-order valence-corrected chi connectivity index (χ2v) is 6.18. The normalized spacial score (nSPS) is 20.1. The minimum atomic E-state index is 0.564. The molecule has 2 heterocycles. The zero-order valence-electron chi connectivity index (χ0n) is 13.1. The quantitative estimate of drug-likeness (QED) is 0.528. The molecule has 5 heteroatoms. The molecule has 1 N–H and O–H groups in total. The van der Waals surface area contributed by atoms with E-state index >= 15 is 0 Å². The summed E-state index contributed by atoms with van der Waals surface area (Å²) in [5, 5.41) is 12.9. The summed E-state index contributed by atoms with van der Waals surface area (Å²) in [6.07, 6.45) is 3.26. The lowest BCUT2D eigenvalue weighted by atomic mass is 9.98. The van der Waals surface area contributed by atoms with E-state index in [0.29, 0.717) is 18.9 Å². The SMILES string of the molecule is CC1CCN(CC/C(=N\O)c2ccc3c(c2)OCCO3)CC1. The molecule has 0 aromatic heterocycles. The minimum absolute atomic E-state index is 0.564. The predicted octanol–water partition coefficient (Wildman–Crippen LogP) is 2.76. The van der Waals surface area contributed by atoms with Crippen LogP contribution in [0.2, 0.25) is 0 Å². The van der Waals surface area contributed by atoms with E-state index in [1.165, 1.54) is 12.8 Å². The van der Waals surface area contributed by atoms with Crippen molar-refractivity contribution < 1.29 is 14.7 Å². The molecule has 0 spiro atoms. The summed E-state index contributed by atoms with van der Waals surface area (Å²) in [5.74, 6) is 2.33. The van der Waals surface area contributed by atoms with Crippen molar-refractivity contribution in [2.45, 2.75) is 26.2 Å². The van der Waals surface area contributed by atoms with Gasteiger partial charge in [0.05, 0.1) is 5.71 Å². The first-order valence-electron chi connectivity index (χ1n) is 8.09. The molecule has 1 saturated heterocycles. The van der Waals surface area contributed by atoms with Gasteiger partial charge in [-0.15, -0.1) is 0 Å². The Balaban J connectivity index is 1.62. The Labute approximate surface area is 131 Å². The Morgan fingerprint density at radius 3 is 2.68 bits per heavy atom. The van der Waals surface area contributed by atoms with E-state index in [0.717, 1.165) is 49.0 Å². The summed E-state index contributed by atoms with van der Waals surface area (Å²) < 4.78 is 11.1. The average molecular weight is 304 g/mol. The van der Waals surface area contributed by atoms with Crippen molar-refractivity contribution in [3.8, 4) is 11.5 Å². The highest BCUT2D eigenvalue weighted by atomic mass is 16.6. The van der Waals surface area contributed by atoms with Gasteiger partial charge in [-0.2, -0.15) is 0 Å². The molecule has 3 rings (SSSR count).